The number of methoxy groups -OCH3 is 1. The summed E-state index contributed by atoms with van der Waals surface area (Å²) >= 11 is 0. The summed E-state index contributed by atoms with van der Waals surface area (Å²) in [5.74, 6) is 1.26. The van der Waals surface area contributed by atoms with Gasteiger partial charge in [-0.25, -0.2) is 0 Å². The second-order valence-electron chi connectivity index (χ2n) is 2.17. The molecule has 0 saturated heterocycles. The fraction of sp³-hybridized carbons (Fsp3) is 0.111. The van der Waals surface area contributed by atoms with E-state index in [2.05, 4.69) is 6.58 Å². The molecule has 0 bridgehead atoms. The van der Waals surface area contributed by atoms with Gasteiger partial charge in [0.1, 0.15) is 5.75 Å². The molecule has 1 radical (unpaired) electrons. The van der Waals surface area contributed by atoms with Crippen molar-refractivity contribution in [1.82, 2.24) is 0 Å². The zero-order valence-corrected chi connectivity index (χ0v) is 7.40. The summed E-state index contributed by atoms with van der Waals surface area (Å²) in [6, 6.07) is 7.29. The van der Waals surface area contributed by atoms with Gasteiger partial charge in [-0.1, -0.05) is 18.7 Å². The normalized spacial score (nSPS) is 8.69. The van der Waals surface area contributed by atoms with E-state index < -0.39 is 0 Å². The second-order valence-corrected chi connectivity index (χ2v) is 2.17. The van der Waals surface area contributed by atoms with Gasteiger partial charge in [-0.05, 0) is 12.1 Å². The van der Waals surface area contributed by atoms with Gasteiger partial charge in [0.25, 0.3) is 0 Å². The second kappa shape index (κ2) is 5.14. The van der Waals surface area contributed by atoms with Crippen molar-refractivity contribution in [2.24, 2.45) is 0 Å². The highest BCUT2D eigenvalue weighted by Crippen LogP contribution is 2.25. The van der Waals surface area contributed by atoms with Crippen LogP contribution in [0.4, 0.5) is 0 Å². The Kier molecular flexibility index (Phi) is 3.76. The predicted octanol–water partition coefficient (Wildman–Crippen LogP) is 1.77. The van der Waals surface area contributed by atoms with Gasteiger partial charge in [0.2, 0.25) is 0 Å². The van der Waals surface area contributed by atoms with Gasteiger partial charge in [-0.15, -0.1) is 0 Å². The van der Waals surface area contributed by atoms with Crippen LogP contribution >= 0.6 is 0 Å². The molecule has 1 aromatic rings. The average Bonchev–Trinajstić information content (AvgIpc) is 2.19. The molecule has 1 aromatic carbocycles. The molecule has 3 nitrogen and oxygen atoms in total. The van der Waals surface area contributed by atoms with Crippen molar-refractivity contribution in [1.29, 1.82) is 0 Å². The summed E-state index contributed by atoms with van der Waals surface area (Å²) in [6.07, 6.45) is 1.27. The van der Waals surface area contributed by atoms with Crippen LogP contribution in [0.2, 0.25) is 0 Å². The third-order valence-corrected chi connectivity index (χ3v) is 1.40. The fourth-order valence-corrected chi connectivity index (χ4v) is 0.835. The molecule has 0 aliphatic carbocycles. The molecule has 67 valence electrons. The van der Waals surface area contributed by atoms with Crippen molar-refractivity contribution in [3.05, 3.63) is 37.1 Å². The molecule has 4 heteroatoms. The molecule has 0 unspecified atom stereocenters. The number of hydrogen-bond acceptors (Lipinski definition) is 3. The Morgan fingerprint density at radius 1 is 1.31 bits per heavy atom. The maximum atomic E-state index is 5.12. The van der Waals surface area contributed by atoms with Gasteiger partial charge >= 0.3 is 7.69 Å². The van der Waals surface area contributed by atoms with Crippen molar-refractivity contribution in [2.45, 2.75) is 0 Å². The van der Waals surface area contributed by atoms with Gasteiger partial charge in [0, 0.05) is 0 Å². The first-order valence-corrected chi connectivity index (χ1v) is 3.76. The molecule has 0 spiro atoms. The molecule has 13 heavy (non-hydrogen) atoms. The average molecular weight is 177 g/mol. The van der Waals surface area contributed by atoms with Gasteiger partial charge in [-0.3, -0.25) is 0 Å². The molecule has 0 saturated carbocycles. The molecule has 0 atom stereocenters. The first-order valence-electron chi connectivity index (χ1n) is 3.76. The van der Waals surface area contributed by atoms with Crippen molar-refractivity contribution < 1.29 is 14.0 Å². The molecule has 1 rings (SSSR count). The van der Waals surface area contributed by atoms with E-state index in [1.165, 1.54) is 13.9 Å². The minimum atomic E-state index is 0.604. The van der Waals surface area contributed by atoms with E-state index in [-0.39, 0.29) is 0 Å². The van der Waals surface area contributed by atoms with Crippen LogP contribution in [0.3, 0.4) is 0 Å². The Balaban J connectivity index is 2.58. The highest BCUT2D eigenvalue weighted by Gasteiger charge is 2.03. The van der Waals surface area contributed by atoms with Crippen LogP contribution in [0.5, 0.6) is 11.5 Å². The summed E-state index contributed by atoms with van der Waals surface area (Å²) in [6.45, 7) is 3.37. The van der Waals surface area contributed by atoms with Crippen LogP contribution < -0.4 is 9.39 Å². The van der Waals surface area contributed by atoms with Crippen molar-refractivity contribution >= 4 is 7.69 Å². The molecular formula is C9H10BO3. The molecular weight excluding hydrogens is 167 g/mol. The molecule has 0 fully saturated rings. The Bertz CT molecular complexity index is 275. The summed E-state index contributed by atoms with van der Waals surface area (Å²) in [5, 5.41) is 0. The molecule has 0 aromatic heterocycles. The molecule has 0 aliphatic heterocycles. The van der Waals surface area contributed by atoms with E-state index in [1.807, 2.05) is 12.1 Å². The SMILES string of the molecule is C=CO[B]Oc1ccccc1OC. The van der Waals surface area contributed by atoms with Crippen LogP contribution in [0.25, 0.3) is 0 Å². The lowest BCUT2D eigenvalue weighted by Crippen LogP contribution is -2.04. The monoisotopic (exact) mass is 177 g/mol. The van der Waals surface area contributed by atoms with Crippen LogP contribution in [0.1, 0.15) is 0 Å². The highest BCUT2D eigenvalue weighted by atomic mass is 16.6. The standard InChI is InChI=1S/C9H10BO3/c1-3-12-10-13-9-7-5-4-6-8(9)11-2/h3-7H,1H2,2H3. The lowest BCUT2D eigenvalue weighted by atomic mass is 10.3. The summed E-state index contributed by atoms with van der Waals surface area (Å²) < 4.78 is 14.9. The van der Waals surface area contributed by atoms with Crippen molar-refractivity contribution in [2.75, 3.05) is 7.11 Å². The predicted molar refractivity (Wildman–Crippen MR) is 50.7 cm³/mol. The van der Waals surface area contributed by atoms with E-state index in [0.717, 1.165) is 0 Å². The van der Waals surface area contributed by atoms with E-state index in [0.29, 0.717) is 11.5 Å². The Morgan fingerprint density at radius 3 is 2.62 bits per heavy atom. The number of ether oxygens (including phenoxy) is 1. The van der Waals surface area contributed by atoms with Crippen molar-refractivity contribution in [3.8, 4) is 11.5 Å². The Labute approximate surface area is 78.2 Å². The fourth-order valence-electron chi connectivity index (χ4n) is 0.835. The maximum absolute atomic E-state index is 5.12. The van der Waals surface area contributed by atoms with Crippen LogP contribution in [-0.4, -0.2) is 14.8 Å². The third-order valence-electron chi connectivity index (χ3n) is 1.40. The molecule has 0 amide bonds. The zero-order valence-electron chi connectivity index (χ0n) is 7.40. The molecule has 0 N–H and O–H groups in total. The van der Waals surface area contributed by atoms with Crippen LogP contribution in [0.15, 0.2) is 37.1 Å². The highest BCUT2D eigenvalue weighted by molar-refractivity contribution is 6.19. The minimum Gasteiger partial charge on any atom is -0.533 e. The van der Waals surface area contributed by atoms with Crippen LogP contribution in [0, 0.1) is 0 Å². The zero-order chi connectivity index (χ0) is 9.52. The topological polar surface area (TPSA) is 27.7 Å². The first kappa shape index (κ1) is 9.51. The van der Waals surface area contributed by atoms with E-state index in [1.54, 1.807) is 19.2 Å². The Hall–Kier alpha value is -1.58. The number of para-hydroxylation sites is 2. The van der Waals surface area contributed by atoms with Gasteiger partial charge in [0.05, 0.1) is 13.4 Å². The first-order chi connectivity index (χ1) is 6.38. The van der Waals surface area contributed by atoms with E-state index in [9.17, 15) is 0 Å². The lowest BCUT2D eigenvalue weighted by Gasteiger charge is -2.07. The summed E-state index contributed by atoms with van der Waals surface area (Å²) in [4.78, 5) is 0. The maximum Gasteiger partial charge on any atom is 0.657 e. The van der Waals surface area contributed by atoms with E-state index >= 15 is 0 Å². The summed E-state index contributed by atoms with van der Waals surface area (Å²) in [7, 11) is 2.77. The molecule has 0 heterocycles. The van der Waals surface area contributed by atoms with Gasteiger partial charge < -0.3 is 14.0 Å². The van der Waals surface area contributed by atoms with E-state index in [4.69, 9.17) is 14.0 Å². The largest absolute Gasteiger partial charge is 0.657 e. The lowest BCUT2D eigenvalue weighted by molar-refractivity contribution is 0.372. The smallest absolute Gasteiger partial charge is 0.533 e. The molecule has 0 aliphatic rings. The quantitative estimate of drug-likeness (QED) is 0.389. The minimum absolute atomic E-state index is 0.604. The van der Waals surface area contributed by atoms with Gasteiger partial charge in [-0.2, -0.15) is 0 Å². The number of benzene rings is 1. The number of rotatable bonds is 5. The van der Waals surface area contributed by atoms with Crippen molar-refractivity contribution in [3.63, 3.8) is 0 Å². The Morgan fingerprint density at radius 2 is 2.00 bits per heavy atom. The third kappa shape index (κ3) is 2.74. The van der Waals surface area contributed by atoms with Gasteiger partial charge in [0.15, 0.2) is 5.75 Å². The summed E-state index contributed by atoms with van der Waals surface area (Å²) in [5.41, 5.74) is 0. The number of hydrogen-bond donors (Lipinski definition) is 0. The van der Waals surface area contributed by atoms with Crippen LogP contribution in [-0.2, 0) is 4.65 Å².